The van der Waals surface area contributed by atoms with Gasteiger partial charge in [0.05, 0.1) is 11.9 Å². The van der Waals surface area contributed by atoms with Crippen molar-refractivity contribution in [3.8, 4) is 0 Å². The van der Waals surface area contributed by atoms with Crippen LogP contribution in [0.15, 0.2) is 36.7 Å². The maximum absolute atomic E-state index is 11.9. The topological polar surface area (TPSA) is 86.9 Å². The van der Waals surface area contributed by atoms with E-state index in [1.54, 1.807) is 30.5 Å². The first-order valence-corrected chi connectivity index (χ1v) is 5.78. The van der Waals surface area contributed by atoms with E-state index in [9.17, 15) is 9.59 Å². The van der Waals surface area contributed by atoms with Crippen LogP contribution in [-0.2, 0) is 11.3 Å². The zero-order valence-corrected chi connectivity index (χ0v) is 10.4. The number of H-pyrrole nitrogens is 1. The molecular weight excluding hydrogens is 244 g/mol. The molecule has 6 nitrogen and oxygen atoms in total. The van der Waals surface area contributed by atoms with Gasteiger partial charge in [-0.1, -0.05) is 12.1 Å². The molecule has 0 fully saturated rings. The van der Waals surface area contributed by atoms with Gasteiger partial charge in [-0.25, -0.2) is 0 Å². The summed E-state index contributed by atoms with van der Waals surface area (Å²) in [6, 6.07) is 7.04. The van der Waals surface area contributed by atoms with Gasteiger partial charge in [-0.05, 0) is 17.7 Å². The molecule has 3 N–H and O–H groups in total. The highest BCUT2D eigenvalue weighted by atomic mass is 16.2. The zero-order valence-electron chi connectivity index (χ0n) is 10.4. The van der Waals surface area contributed by atoms with Crippen LogP contribution >= 0.6 is 0 Å². The van der Waals surface area contributed by atoms with Crippen LogP contribution in [0.2, 0.25) is 0 Å². The molecule has 19 heavy (non-hydrogen) atoms. The Kier molecular flexibility index (Phi) is 3.92. The summed E-state index contributed by atoms with van der Waals surface area (Å²) >= 11 is 0. The van der Waals surface area contributed by atoms with E-state index >= 15 is 0 Å². The maximum atomic E-state index is 11.9. The third-order valence-electron chi connectivity index (χ3n) is 2.51. The van der Waals surface area contributed by atoms with Crippen LogP contribution in [-0.4, -0.2) is 22.0 Å². The van der Waals surface area contributed by atoms with E-state index in [0.29, 0.717) is 17.8 Å². The molecule has 1 heterocycles. The molecule has 1 aromatic carbocycles. The minimum atomic E-state index is -0.201. The van der Waals surface area contributed by atoms with E-state index in [2.05, 4.69) is 20.8 Å². The number of nitrogens with one attached hydrogen (secondary N) is 3. The number of nitrogens with zero attached hydrogens (tertiary/aromatic N) is 1. The fourth-order valence-electron chi connectivity index (χ4n) is 1.52. The van der Waals surface area contributed by atoms with Gasteiger partial charge in [0.15, 0.2) is 0 Å². The average Bonchev–Trinajstić information content (AvgIpc) is 2.89. The third-order valence-corrected chi connectivity index (χ3v) is 2.51. The SMILES string of the molecule is CC(=O)NCc1ccc(C(=O)Nc2cn[nH]c2)cc1. The second-order valence-electron chi connectivity index (χ2n) is 4.05. The standard InChI is InChI=1S/C13H14N4O2/c1-9(18)14-6-10-2-4-11(5-3-10)13(19)17-12-7-15-16-8-12/h2-5,7-8H,6H2,1H3,(H,14,18)(H,15,16)(H,17,19). The van der Waals surface area contributed by atoms with Gasteiger partial charge in [-0.3, -0.25) is 14.7 Å². The highest BCUT2D eigenvalue weighted by Gasteiger charge is 2.06. The Balaban J connectivity index is 1.97. The lowest BCUT2D eigenvalue weighted by molar-refractivity contribution is -0.119. The monoisotopic (exact) mass is 258 g/mol. The van der Waals surface area contributed by atoms with Crippen LogP contribution in [0, 0.1) is 0 Å². The molecule has 1 aromatic heterocycles. The predicted molar refractivity (Wildman–Crippen MR) is 70.5 cm³/mol. The van der Waals surface area contributed by atoms with Gasteiger partial charge in [0.25, 0.3) is 5.91 Å². The summed E-state index contributed by atoms with van der Waals surface area (Å²) in [5, 5.41) is 11.8. The van der Waals surface area contributed by atoms with Crippen molar-refractivity contribution in [2.45, 2.75) is 13.5 Å². The predicted octanol–water partition coefficient (Wildman–Crippen LogP) is 1.30. The first-order chi connectivity index (χ1) is 9.15. The van der Waals surface area contributed by atoms with Crippen LogP contribution in [0.5, 0.6) is 0 Å². The number of benzene rings is 1. The van der Waals surface area contributed by atoms with E-state index < -0.39 is 0 Å². The molecule has 0 unspecified atom stereocenters. The molecule has 0 aliphatic carbocycles. The van der Waals surface area contributed by atoms with Gasteiger partial charge in [0.2, 0.25) is 5.91 Å². The van der Waals surface area contributed by atoms with Gasteiger partial charge >= 0.3 is 0 Å². The molecule has 98 valence electrons. The Morgan fingerprint density at radius 2 is 2.00 bits per heavy atom. The number of aromatic nitrogens is 2. The lowest BCUT2D eigenvalue weighted by atomic mass is 10.1. The molecule has 0 saturated carbocycles. The maximum Gasteiger partial charge on any atom is 0.255 e. The van der Waals surface area contributed by atoms with Crippen LogP contribution in [0.25, 0.3) is 0 Å². The normalized spacial score (nSPS) is 9.95. The van der Waals surface area contributed by atoms with E-state index in [0.717, 1.165) is 5.56 Å². The summed E-state index contributed by atoms with van der Waals surface area (Å²) in [6.45, 7) is 1.92. The fourth-order valence-corrected chi connectivity index (χ4v) is 1.52. The van der Waals surface area contributed by atoms with E-state index in [-0.39, 0.29) is 11.8 Å². The number of hydrogen-bond donors (Lipinski definition) is 3. The Hall–Kier alpha value is -2.63. The summed E-state index contributed by atoms with van der Waals surface area (Å²) in [5.74, 6) is -0.283. The van der Waals surface area contributed by atoms with Gasteiger partial charge in [0, 0.05) is 25.2 Å². The Morgan fingerprint density at radius 3 is 2.58 bits per heavy atom. The molecule has 2 rings (SSSR count). The highest BCUT2D eigenvalue weighted by Crippen LogP contribution is 2.08. The first kappa shape index (κ1) is 12.8. The molecule has 2 aromatic rings. The first-order valence-electron chi connectivity index (χ1n) is 5.78. The Labute approximate surface area is 110 Å². The molecule has 0 aliphatic rings. The van der Waals surface area contributed by atoms with Crippen LogP contribution in [0.3, 0.4) is 0 Å². The number of amides is 2. The lowest BCUT2D eigenvalue weighted by Gasteiger charge is -2.05. The Morgan fingerprint density at radius 1 is 1.26 bits per heavy atom. The molecule has 6 heteroatoms. The quantitative estimate of drug-likeness (QED) is 0.772. The summed E-state index contributed by atoms with van der Waals surface area (Å²) < 4.78 is 0. The largest absolute Gasteiger partial charge is 0.352 e. The van der Waals surface area contributed by atoms with Crippen molar-refractivity contribution in [3.63, 3.8) is 0 Å². The summed E-state index contributed by atoms with van der Waals surface area (Å²) in [4.78, 5) is 22.7. The van der Waals surface area contributed by atoms with Crippen molar-refractivity contribution < 1.29 is 9.59 Å². The summed E-state index contributed by atoms with van der Waals surface area (Å²) in [5.41, 5.74) is 2.11. The smallest absolute Gasteiger partial charge is 0.255 e. The molecule has 0 atom stereocenters. The molecule has 0 saturated heterocycles. The van der Waals surface area contributed by atoms with Gasteiger partial charge in [-0.15, -0.1) is 0 Å². The Bertz CT molecular complexity index is 561. The summed E-state index contributed by atoms with van der Waals surface area (Å²) in [6.07, 6.45) is 3.13. The van der Waals surface area contributed by atoms with Crippen molar-refractivity contribution in [1.82, 2.24) is 15.5 Å². The molecule has 0 aliphatic heterocycles. The highest BCUT2D eigenvalue weighted by molar-refractivity contribution is 6.04. The van der Waals surface area contributed by atoms with Crippen molar-refractivity contribution in [3.05, 3.63) is 47.8 Å². The van der Waals surface area contributed by atoms with Crippen molar-refractivity contribution in [2.24, 2.45) is 0 Å². The second kappa shape index (κ2) is 5.81. The van der Waals surface area contributed by atoms with E-state index in [4.69, 9.17) is 0 Å². The molecule has 0 spiro atoms. The molecule has 0 bridgehead atoms. The fraction of sp³-hybridized carbons (Fsp3) is 0.154. The minimum Gasteiger partial charge on any atom is -0.352 e. The van der Waals surface area contributed by atoms with Crippen molar-refractivity contribution >= 4 is 17.5 Å². The third kappa shape index (κ3) is 3.67. The van der Waals surface area contributed by atoms with Crippen molar-refractivity contribution in [2.75, 3.05) is 5.32 Å². The molecule has 0 radical (unpaired) electrons. The minimum absolute atomic E-state index is 0.0817. The van der Waals surface area contributed by atoms with Crippen LogP contribution in [0.1, 0.15) is 22.8 Å². The summed E-state index contributed by atoms with van der Waals surface area (Å²) in [7, 11) is 0. The van der Waals surface area contributed by atoms with E-state index in [1.165, 1.54) is 13.1 Å². The zero-order chi connectivity index (χ0) is 13.7. The van der Waals surface area contributed by atoms with Gasteiger partial charge < -0.3 is 10.6 Å². The number of hydrogen-bond acceptors (Lipinski definition) is 3. The number of anilines is 1. The number of carbonyl (C=O) groups excluding carboxylic acids is 2. The lowest BCUT2D eigenvalue weighted by Crippen LogP contribution is -2.19. The number of carbonyl (C=O) groups is 2. The van der Waals surface area contributed by atoms with Gasteiger partial charge in [0.1, 0.15) is 0 Å². The van der Waals surface area contributed by atoms with Crippen molar-refractivity contribution in [1.29, 1.82) is 0 Å². The van der Waals surface area contributed by atoms with Gasteiger partial charge in [-0.2, -0.15) is 5.10 Å². The molecule has 2 amide bonds. The van der Waals surface area contributed by atoms with Crippen LogP contribution in [0.4, 0.5) is 5.69 Å². The average molecular weight is 258 g/mol. The second-order valence-corrected chi connectivity index (χ2v) is 4.05. The number of rotatable bonds is 4. The van der Waals surface area contributed by atoms with Crippen LogP contribution < -0.4 is 10.6 Å². The van der Waals surface area contributed by atoms with E-state index in [1.807, 2.05) is 0 Å². The molecular formula is C13H14N4O2. The number of aromatic amines is 1.